The van der Waals surface area contributed by atoms with E-state index in [9.17, 15) is 24.0 Å². The van der Waals surface area contributed by atoms with Gasteiger partial charge in [0.1, 0.15) is 0 Å². The fourth-order valence-electron chi connectivity index (χ4n) is 2.22. The molecule has 0 aromatic carbocycles. The standard InChI is InChI=1S/C14H23N3O10.Yb/c18-10(19)5-15(1-3-16(6-11(20)21)7-12(22)23)2-4-17(8-13(24)25)9-14(26)27;/h1-9H2,(H,18,19)(H,20,21)(H,22,23)(H,24,25)(H,26,27);/q;+3. The van der Waals surface area contributed by atoms with Crippen LogP contribution in [0.3, 0.4) is 0 Å². The van der Waals surface area contributed by atoms with E-state index in [2.05, 4.69) is 0 Å². The van der Waals surface area contributed by atoms with Crippen LogP contribution in [0.5, 0.6) is 0 Å². The summed E-state index contributed by atoms with van der Waals surface area (Å²) in [5.74, 6) is -6.16. The molecule has 28 heavy (non-hydrogen) atoms. The molecule has 0 amide bonds. The van der Waals surface area contributed by atoms with E-state index in [1.54, 1.807) is 0 Å². The van der Waals surface area contributed by atoms with Crippen molar-refractivity contribution in [1.82, 2.24) is 14.7 Å². The molecule has 0 aliphatic heterocycles. The van der Waals surface area contributed by atoms with Crippen LogP contribution in [0.4, 0.5) is 0 Å². The summed E-state index contributed by atoms with van der Waals surface area (Å²) in [4.78, 5) is 57.6. The van der Waals surface area contributed by atoms with Crippen molar-refractivity contribution >= 4 is 29.8 Å². The van der Waals surface area contributed by atoms with Gasteiger partial charge in [-0.15, -0.1) is 0 Å². The minimum atomic E-state index is -1.24. The molecular formula is C14H23N3O10Yb+3. The molecule has 13 nitrogen and oxygen atoms in total. The molecule has 0 aliphatic carbocycles. The maximum Gasteiger partial charge on any atom is 3.00 e. The molecule has 0 fully saturated rings. The second kappa shape index (κ2) is 15.6. The summed E-state index contributed by atoms with van der Waals surface area (Å²) >= 11 is 0. The predicted octanol–water partition coefficient (Wildman–Crippen LogP) is -2.68. The van der Waals surface area contributed by atoms with Gasteiger partial charge in [0.05, 0.1) is 32.7 Å². The zero-order valence-corrected chi connectivity index (χ0v) is 16.5. The van der Waals surface area contributed by atoms with E-state index in [4.69, 9.17) is 25.5 Å². The van der Waals surface area contributed by atoms with E-state index in [-0.39, 0.29) is 73.1 Å². The zero-order chi connectivity index (χ0) is 21.0. The first-order valence-corrected chi connectivity index (χ1v) is 7.75. The number of carboxylic acid groups (broad SMARTS) is 5. The Bertz CT molecular complexity index is 487. The summed E-state index contributed by atoms with van der Waals surface area (Å²) in [6.07, 6.45) is 0. The Morgan fingerprint density at radius 2 is 0.607 bits per heavy atom. The predicted molar refractivity (Wildman–Crippen MR) is 87.5 cm³/mol. The summed E-state index contributed by atoms with van der Waals surface area (Å²) in [6.45, 7) is -2.74. The van der Waals surface area contributed by atoms with Gasteiger partial charge >= 0.3 is 76.8 Å². The fraction of sp³-hybridized carbons (Fsp3) is 0.643. The van der Waals surface area contributed by atoms with Gasteiger partial charge in [-0.1, -0.05) is 0 Å². The molecule has 0 spiro atoms. The number of carboxylic acids is 5. The van der Waals surface area contributed by atoms with Crippen LogP contribution >= 0.6 is 0 Å². The van der Waals surface area contributed by atoms with Crippen LogP contribution in [0, 0.1) is 46.9 Å². The molecule has 0 rings (SSSR count). The van der Waals surface area contributed by atoms with Crippen molar-refractivity contribution in [1.29, 1.82) is 0 Å². The van der Waals surface area contributed by atoms with Gasteiger partial charge < -0.3 is 25.5 Å². The molecule has 0 saturated carbocycles. The monoisotopic (exact) mass is 567 g/mol. The smallest absolute Gasteiger partial charge is 0.480 e. The Hall–Kier alpha value is -1.25. The Labute approximate surface area is 198 Å². The summed E-state index contributed by atoms with van der Waals surface area (Å²) < 4.78 is 0. The fourth-order valence-corrected chi connectivity index (χ4v) is 2.22. The molecule has 0 aromatic heterocycles. The van der Waals surface area contributed by atoms with E-state index in [0.717, 1.165) is 9.80 Å². The van der Waals surface area contributed by atoms with E-state index < -0.39 is 62.6 Å². The van der Waals surface area contributed by atoms with E-state index in [1.807, 2.05) is 0 Å². The average Bonchev–Trinajstić information content (AvgIpc) is 2.46. The quantitative estimate of drug-likeness (QED) is 0.130. The first-order chi connectivity index (χ1) is 12.5. The molecule has 165 valence electrons. The third-order valence-corrected chi connectivity index (χ3v) is 3.26. The van der Waals surface area contributed by atoms with Gasteiger partial charge in [-0.2, -0.15) is 0 Å². The molecule has 0 saturated heterocycles. The second-order valence-electron chi connectivity index (χ2n) is 5.67. The van der Waals surface area contributed by atoms with Crippen molar-refractivity contribution < 1.29 is 96.4 Å². The zero-order valence-electron chi connectivity index (χ0n) is 14.8. The van der Waals surface area contributed by atoms with Gasteiger partial charge in [-0.05, 0) is 0 Å². The van der Waals surface area contributed by atoms with Crippen molar-refractivity contribution in [2.45, 2.75) is 0 Å². The van der Waals surface area contributed by atoms with Gasteiger partial charge in [0.15, 0.2) is 0 Å². The molecule has 0 atom stereocenters. The molecule has 0 aromatic rings. The number of hydrogen-bond acceptors (Lipinski definition) is 8. The minimum absolute atomic E-state index is 0. The van der Waals surface area contributed by atoms with Gasteiger partial charge in [-0.25, -0.2) is 0 Å². The SMILES string of the molecule is O=C(O)CN(CCN(CC(=O)O)CC(=O)O)CCN(CC(=O)O)CC(=O)O.[Yb+3]. The summed E-state index contributed by atoms with van der Waals surface area (Å²) in [7, 11) is 0. The Morgan fingerprint density at radius 3 is 0.821 bits per heavy atom. The maximum atomic E-state index is 11.0. The number of hydrogen-bond donors (Lipinski definition) is 5. The average molecular weight is 566 g/mol. The van der Waals surface area contributed by atoms with Gasteiger partial charge in [0.2, 0.25) is 0 Å². The number of aliphatic carboxylic acids is 5. The van der Waals surface area contributed by atoms with Crippen LogP contribution in [0.15, 0.2) is 0 Å². The summed E-state index contributed by atoms with van der Waals surface area (Å²) in [5.41, 5.74) is 0. The minimum Gasteiger partial charge on any atom is -0.480 e. The molecule has 14 heteroatoms. The number of nitrogens with zero attached hydrogens (tertiary/aromatic N) is 3. The maximum absolute atomic E-state index is 11.0. The van der Waals surface area contributed by atoms with E-state index >= 15 is 0 Å². The Balaban J connectivity index is 0. The molecule has 0 aliphatic rings. The topological polar surface area (TPSA) is 196 Å². The van der Waals surface area contributed by atoms with Crippen LogP contribution < -0.4 is 0 Å². The third kappa shape index (κ3) is 16.9. The van der Waals surface area contributed by atoms with Crippen molar-refractivity contribution in [3.8, 4) is 0 Å². The van der Waals surface area contributed by atoms with Crippen molar-refractivity contribution in [2.75, 3.05) is 58.9 Å². The van der Waals surface area contributed by atoms with Crippen LogP contribution in [-0.4, -0.2) is 129 Å². The Kier molecular flexibility index (Phi) is 16.2. The molecule has 1 radical (unpaired) electrons. The number of carbonyl (C=O) groups is 5. The second-order valence-corrected chi connectivity index (χ2v) is 5.67. The van der Waals surface area contributed by atoms with Crippen molar-refractivity contribution in [3.63, 3.8) is 0 Å². The first-order valence-electron chi connectivity index (χ1n) is 7.75. The molecule has 0 heterocycles. The molecular weight excluding hydrogens is 543 g/mol. The van der Waals surface area contributed by atoms with E-state index in [1.165, 1.54) is 4.90 Å². The van der Waals surface area contributed by atoms with Crippen molar-refractivity contribution in [2.24, 2.45) is 0 Å². The first kappa shape index (κ1) is 29.0. The normalized spacial score (nSPS) is 10.7. The van der Waals surface area contributed by atoms with Crippen LogP contribution in [-0.2, 0) is 24.0 Å². The van der Waals surface area contributed by atoms with Crippen LogP contribution in [0.2, 0.25) is 0 Å². The largest absolute Gasteiger partial charge is 3.00 e. The van der Waals surface area contributed by atoms with Gasteiger partial charge in [0.25, 0.3) is 0 Å². The molecule has 0 bridgehead atoms. The molecule has 5 N–H and O–H groups in total. The summed E-state index contributed by atoms with van der Waals surface area (Å²) in [6, 6.07) is 0. The van der Waals surface area contributed by atoms with Crippen LogP contribution in [0.25, 0.3) is 0 Å². The van der Waals surface area contributed by atoms with Gasteiger partial charge in [-0.3, -0.25) is 38.7 Å². The van der Waals surface area contributed by atoms with E-state index in [0.29, 0.717) is 0 Å². The number of rotatable bonds is 16. The summed E-state index contributed by atoms with van der Waals surface area (Å²) in [5, 5.41) is 44.1. The Morgan fingerprint density at radius 1 is 0.429 bits per heavy atom. The van der Waals surface area contributed by atoms with Gasteiger partial charge in [0, 0.05) is 26.2 Å². The third-order valence-electron chi connectivity index (χ3n) is 3.26. The van der Waals surface area contributed by atoms with Crippen LogP contribution in [0.1, 0.15) is 0 Å². The van der Waals surface area contributed by atoms with Crippen molar-refractivity contribution in [3.05, 3.63) is 0 Å². The molecule has 0 unspecified atom stereocenters.